The van der Waals surface area contributed by atoms with Gasteiger partial charge in [0.15, 0.2) is 18.2 Å². The van der Waals surface area contributed by atoms with Gasteiger partial charge in [0.25, 0.3) is 0 Å². The number of ketones is 1. The number of amides is 2. The second-order valence-corrected chi connectivity index (χ2v) is 6.44. The summed E-state index contributed by atoms with van der Waals surface area (Å²) in [7, 11) is 0. The number of hydrogen-bond acceptors (Lipinski definition) is 6. The van der Waals surface area contributed by atoms with Gasteiger partial charge in [0.2, 0.25) is 5.91 Å². The molecule has 0 aromatic heterocycles. The van der Waals surface area contributed by atoms with E-state index in [1.165, 1.54) is 6.92 Å². The lowest BCUT2D eigenvalue weighted by atomic mass is 10.0. The first-order valence-corrected chi connectivity index (χ1v) is 8.64. The molecule has 1 fully saturated rings. The first-order chi connectivity index (χ1) is 12.5. The third-order valence-corrected chi connectivity index (χ3v) is 4.38. The fraction of sp³-hybridized carbons (Fsp3) is 0.444. The highest BCUT2D eigenvalue weighted by atomic mass is 16.6. The average molecular weight is 358 g/mol. The molecule has 0 atom stereocenters. The van der Waals surface area contributed by atoms with Crippen LogP contribution >= 0.6 is 0 Å². The molecule has 0 spiro atoms. The maximum atomic E-state index is 12.1. The molecule has 0 radical (unpaired) electrons. The van der Waals surface area contributed by atoms with Gasteiger partial charge in [-0.15, -0.1) is 0 Å². The summed E-state index contributed by atoms with van der Waals surface area (Å²) in [5.41, 5.74) is 0.857. The first-order valence-electron chi connectivity index (χ1n) is 8.64. The predicted octanol–water partition coefficient (Wildman–Crippen LogP) is 0.970. The number of nitrogens with one attached hydrogen (secondary N) is 1. The number of nitrogens with zero attached hydrogens (tertiary/aromatic N) is 3. The second-order valence-electron chi connectivity index (χ2n) is 6.44. The molecule has 0 unspecified atom stereocenters. The number of benzene rings is 1. The minimum absolute atomic E-state index is 0.0802. The molecule has 1 aromatic rings. The number of carbonyl (C=O) groups excluding carboxylic acids is 3. The monoisotopic (exact) mass is 358 g/mol. The van der Waals surface area contributed by atoms with Crippen molar-refractivity contribution in [1.29, 1.82) is 0 Å². The Morgan fingerprint density at radius 1 is 1.23 bits per heavy atom. The molecule has 2 aliphatic rings. The number of hydrogen-bond donors (Lipinski definition) is 1. The zero-order valence-electron chi connectivity index (χ0n) is 14.7. The van der Waals surface area contributed by atoms with Crippen molar-refractivity contribution in [2.45, 2.75) is 25.8 Å². The molecule has 0 aliphatic carbocycles. The maximum Gasteiger partial charge on any atom is 0.410 e. The van der Waals surface area contributed by atoms with Crippen LogP contribution in [0.5, 0.6) is 0 Å². The fourth-order valence-corrected chi connectivity index (χ4v) is 3.05. The molecule has 138 valence electrons. The van der Waals surface area contributed by atoms with Crippen molar-refractivity contribution < 1.29 is 19.1 Å². The number of rotatable bonds is 4. The van der Waals surface area contributed by atoms with E-state index in [0.29, 0.717) is 31.8 Å². The van der Waals surface area contributed by atoms with Crippen LogP contribution in [0, 0.1) is 0 Å². The summed E-state index contributed by atoms with van der Waals surface area (Å²) in [6.45, 7) is 2.40. The second kappa shape index (κ2) is 7.99. The van der Waals surface area contributed by atoms with Gasteiger partial charge >= 0.3 is 6.09 Å². The van der Waals surface area contributed by atoms with Crippen LogP contribution in [0.1, 0.15) is 25.3 Å². The van der Waals surface area contributed by atoms with Crippen molar-refractivity contribution >= 4 is 23.6 Å². The van der Waals surface area contributed by atoms with Gasteiger partial charge in [-0.2, -0.15) is 5.10 Å². The smallest absolute Gasteiger partial charge is 0.410 e. The van der Waals surface area contributed by atoms with Crippen LogP contribution in [0.15, 0.2) is 35.4 Å². The Balaban J connectivity index is 1.61. The lowest BCUT2D eigenvalue weighted by Crippen LogP contribution is -2.52. The van der Waals surface area contributed by atoms with Crippen molar-refractivity contribution in [3.05, 3.63) is 35.9 Å². The van der Waals surface area contributed by atoms with E-state index in [1.807, 2.05) is 30.3 Å². The normalized spacial score (nSPS) is 18.2. The summed E-state index contributed by atoms with van der Waals surface area (Å²) < 4.78 is 4.95. The van der Waals surface area contributed by atoms with Gasteiger partial charge < -0.3 is 15.0 Å². The zero-order chi connectivity index (χ0) is 18.5. The molecule has 2 heterocycles. The van der Waals surface area contributed by atoms with E-state index in [-0.39, 0.29) is 30.9 Å². The number of likely N-dealkylation sites (tertiary alicyclic amines) is 1. The van der Waals surface area contributed by atoms with Gasteiger partial charge in [-0.05, 0) is 19.8 Å². The van der Waals surface area contributed by atoms with Crippen LogP contribution in [0.4, 0.5) is 4.79 Å². The van der Waals surface area contributed by atoms with Gasteiger partial charge in [0.1, 0.15) is 6.54 Å². The van der Waals surface area contributed by atoms with E-state index >= 15 is 0 Å². The quantitative estimate of drug-likeness (QED) is 0.866. The Morgan fingerprint density at radius 2 is 1.92 bits per heavy atom. The van der Waals surface area contributed by atoms with Crippen molar-refractivity contribution in [3.63, 3.8) is 0 Å². The molecular weight excluding hydrogens is 336 g/mol. The number of carbonyl (C=O) groups is 3. The number of amidine groups is 1. The highest BCUT2D eigenvalue weighted by Crippen LogP contribution is 2.19. The molecule has 3 rings (SSSR count). The van der Waals surface area contributed by atoms with E-state index in [4.69, 9.17) is 4.74 Å². The van der Waals surface area contributed by atoms with E-state index in [2.05, 4.69) is 10.4 Å². The highest BCUT2D eigenvalue weighted by Gasteiger charge is 2.30. The summed E-state index contributed by atoms with van der Waals surface area (Å²) in [5.74, 6) is 0.266. The van der Waals surface area contributed by atoms with Gasteiger partial charge in [-0.1, -0.05) is 30.3 Å². The predicted molar refractivity (Wildman–Crippen MR) is 94.5 cm³/mol. The molecule has 8 nitrogen and oxygen atoms in total. The average Bonchev–Trinajstić information content (AvgIpc) is 2.66. The third-order valence-electron chi connectivity index (χ3n) is 4.38. The van der Waals surface area contributed by atoms with E-state index in [1.54, 1.807) is 9.91 Å². The topological polar surface area (TPSA) is 91.3 Å². The molecule has 1 N–H and O–H groups in total. The van der Waals surface area contributed by atoms with E-state index < -0.39 is 6.09 Å². The van der Waals surface area contributed by atoms with E-state index in [0.717, 1.165) is 5.56 Å². The SMILES string of the molecule is CC(=O)COC(=O)N1CCC(N2CC(=O)NC(c3ccccc3)=N2)CC1. The van der Waals surface area contributed by atoms with Crippen molar-refractivity contribution in [1.82, 2.24) is 15.2 Å². The minimum Gasteiger partial charge on any atom is -0.441 e. The number of hydrazone groups is 1. The Bertz CT molecular complexity index is 711. The molecule has 1 aromatic carbocycles. The van der Waals surface area contributed by atoms with Crippen LogP contribution in [0.25, 0.3) is 0 Å². The van der Waals surface area contributed by atoms with Crippen molar-refractivity contribution in [3.8, 4) is 0 Å². The fourth-order valence-electron chi connectivity index (χ4n) is 3.05. The van der Waals surface area contributed by atoms with Crippen LogP contribution in [0.2, 0.25) is 0 Å². The van der Waals surface area contributed by atoms with Crippen LogP contribution in [-0.2, 0) is 14.3 Å². The summed E-state index contributed by atoms with van der Waals surface area (Å²) in [6.07, 6.45) is 0.908. The summed E-state index contributed by atoms with van der Waals surface area (Å²) in [6, 6.07) is 9.58. The van der Waals surface area contributed by atoms with E-state index in [9.17, 15) is 14.4 Å². The Kier molecular flexibility index (Phi) is 5.50. The number of piperidine rings is 1. The summed E-state index contributed by atoms with van der Waals surface area (Å²) >= 11 is 0. The molecule has 8 heteroatoms. The van der Waals surface area contributed by atoms with Gasteiger partial charge in [0, 0.05) is 18.7 Å². The lowest BCUT2D eigenvalue weighted by molar-refractivity contribution is -0.122. The molecule has 26 heavy (non-hydrogen) atoms. The lowest BCUT2D eigenvalue weighted by Gasteiger charge is -2.38. The Morgan fingerprint density at radius 3 is 2.58 bits per heavy atom. The summed E-state index contributed by atoms with van der Waals surface area (Å²) in [4.78, 5) is 36.5. The molecule has 2 aliphatic heterocycles. The summed E-state index contributed by atoms with van der Waals surface area (Å²) in [5, 5.41) is 9.21. The van der Waals surface area contributed by atoms with Gasteiger partial charge in [-0.3, -0.25) is 14.6 Å². The minimum atomic E-state index is -0.469. The van der Waals surface area contributed by atoms with Crippen LogP contribution < -0.4 is 5.32 Å². The van der Waals surface area contributed by atoms with Gasteiger partial charge in [-0.25, -0.2) is 4.79 Å². The Hall–Kier alpha value is -2.90. The van der Waals surface area contributed by atoms with Crippen LogP contribution in [0.3, 0.4) is 0 Å². The zero-order valence-corrected chi connectivity index (χ0v) is 14.7. The first kappa shape index (κ1) is 17.9. The molecule has 2 amide bonds. The number of ether oxygens (including phenoxy) is 1. The standard InChI is InChI=1S/C18H22N4O4/c1-13(23)12-26-18(25)21-9-7-15(8-10-21)22-11-16(24)19-17(20-22)14-5-3-2-4-6-14/h2-6,15H,7-12H2,1H3,(H,19,20,24). The molecule has 1 saturated heterocycles. The van der Waals surface area contributed by atoms with Gasteiger partial charge in [0.05, 0.1) is 6.04 Å². The number of Topliss-reactive ketones (excluding diaryl/α,β-unsaturated/α-hetero) is 1. The molecule has 0 saturated carbocycles. The molecular formula is C18H22N4O4. The largest absolute Gasteiger partial charge is 0.441 e. The van der Waals surface area contributed by atoms with Crippen LogP contribution in [-0.4, -0.2) is 65.8 Å². The third kappa shape index (κ3) is 4.38. The maximum absolute atomic E-state index is 12.1. The van der Waals surface area contributed by atoms with Crippen molar-refractivity contribution in [2.75, 3.05) is 26.2 Å². The van der Waals surface area contributed by atoms with Crippen molar-refractivity contribution in [2.24, 2.45) is 5.10 Å². The Labute approximate surface area is 151 Å². The highest BCUT2D eigenvalue weighted by molar-refractivity contribution is 6.09. The molecule has 0 bridgehead atoms.